The summed E-state index contributed by atoms with van der Waals surface area (Å²) in [4.78, 5) is 0.419. The van der Waals surface area contributed by atoms with Crippen LogP contribution in [0.4, 0.5) is 0 Å². The molecule has 0 radical (unpaired) electrons. The van der Waals surface area contributed by atoms with Gasteiger partial charge in [0.1, 0.15) is 0 Å². The Bertz CT molecular complexity index is 524. The van der Waals surface area contributed by atoms with Gasteiger partial charge in [0, 0.05) is 13.1 Å². The lowest BCUT2D eigenvalue weighted by molar-refractivity contribution is 0.196. The Labute approximate surface area is 110 Å². The Morgan fingerprint density at radius 3 is 2.33 bits per heavy atom. The summed E-state index contributed by atoms with van der Waals surface area (Å²) >= 11 is 0. The number of hydrogen-bond acceptors (Lipinski definition) is 2. The summed E-state index contributed by atoms with van der Waals surface area (Å²) in [5, 5.41) is 0. The molecule has 0 atom stereocenters. The molecule has 1 aromatic rings. The van der Waals surface area contributed by atoms with Crippen LogP contribution >= 0.6 is 0 Å². The van der Waals surface area contributed by atoms with Gasteiger partial charge >= 0.3 is 0 Å². The molecule has 0 aliphatic carbocycles. The molecule has 0 spiro atoms. The van der Waals surface area contributed by atoms with Crippen LogP contribution in [0.2, 0.25) is 0 Å². The zero-order valence-electron chi connectivity index (χ0n) is 11.3. The SMILES string of the molecule is Cc1cccc(S(=O)(=O)N2CCC(C)(C)CC2)c1. The van der Waals surface area contributed by atoms with E-state index < -0.39 is 10.0 Å². The van der Waals surface area contributed by atoms with Crippen molar-refractivity contribution in [1.82, 2.24) is 4.31 Å². The largest absolute Gasteiger partial charge is 0.243 e. The minimum atomic E-state index is -3.30. The highest BCUT2D eigenvalue weighted by Crippen LogP contribution is 2.32. The van der Waals surface area contributed by atoms with Crippen LogP contribution in [0.15, 0.2) is 29.2 Å². The van der Waals surface area contributed by atoms with Crippen LogP contribution in [0.25, 0.3) is 0 Å². The first-order valence-corrected chi connectivity index (χ1v) is 7.82. The molecule has 0 saturated carbocycles. The number of sulfonamides is 1. The lowest BCUT2D eigenvalue weighted by Crippen LogP contribution is -2.41. The van der Waals surface area contributed by atoms with Crippen molar-refractivity contribution in [1.29, 1.82) is 0 Å². The molecule has 100 valence electrons. The summed E-state index contributed by atoms with van der Waals surface area (Å²) in [7, 11) is -3.30. The third-order valence-electron chi connectivity index (χ3n) is 3.70. The average molecular weight is 267 g/mol. The van der Waals surface area contributed by atoms with E-state index in [4.69, 9.17) is 0 Å². The second-order valence-corrected chi connectivity index (χ2v) is 7.82. The standard InChI is InChI=1S/C14H21NO2S/c1-12-5-4-6-13(11-12)18(16,17)15-9-7-14(2,3)8-10-15/h4-6,11H,7-10H2,1-3H3. The number of rotatable bonds is 2. The first kappa shape index (κ1) is 13.6. The molecule has 18 heavy (non-hydrogen) atoms. The van der Waals surface area contributed by atoms with Crippen molar-refractivity contribution in [2.45, 2.75) is 38.5 Å². The summed E-state index contributed by atoms with van der Waals surface area (Å²) in [6.07, 6.45) is 1.86. The van der Waals surface area contributed by atoms with Crippen LogP contribution in [0.1, 0.15) is 32.3 Å². The predicted molar refractivity (Wildman–Crippen MR) is 73.0 cm³/mol. The zero-order chi connectivity index (χ0) is 13.4. The molecule has 2 rings (SSSR count). The molecule has 1 saturated heterocycles. The lowest BCUT2D eigenvalue weighted by atomic mass is 9.83. The van der Waals surface area contributed by atoms with Crippen LogP contribution in [0, 0.1) is 12.3 Å². The summed E-state index contributed by atoms with van der Waals surface area (Å²) in [5.41, 5.74) is 1.24. The van der Waals surface area contributed by atoms with Gasteiger partial charge in [-0.1, -0.05) is 26.0 Å². The first-order valence-electron chi connectivity index (χ1n) is 6.38. The molecule has 0 amide bonds. The fourth-order valence-electron chi connectivity index (χ4n) is 2.26. The van der Waals surface area contributed by atoms with Crippen LogP contribution in [0.5, 0.6) is 0 Å². The van der Waals surface area contributed by atoms with Crippen molar-refractivity contribution >= 4 is 10.0 Å². The van der Waals surface area contributed by atoms with E-state index in [0.29, 0.717) is 18.0 Å². The van der Waals surface area contributed by atoms with Crippen molar-refractivity contribution in [2.24, 2.45) is 5.41 Å². The topological polar surface area (TPSA) is 37.4 Å². The molecule has 3 nitrogen and oxygen atoms in total. The molecule has 1 fully saturated rings. The van der Waals surface area contributed by atoms with Gasteiger partial charge in [0.05, 0.1) is 4.90 Å². The second-order valence-electron chi connectivity index (χ2n) is 5.88. The fraction of sp³-hybridized carbons (Fsp3) is 0.571. The van der Waals surface area contributed by atoms with Crippen molar-refractivity contribution in [3.05, 3.63) is 29.8 Å². The Morgan fingerprint density at radius 1 is 1.17 bits per heavy atom. The maximum absolute atomic E-state index is 12.5. The van der Waals surface area contributed by atoms with E-state index in [1.165, 1.54) is 0 Å². The molecule has 1 heterocycles. The van der Waals surface area contributed by atoms with Gasteiger partial charge < -0.3 is 0 Å². The van der Waals surface area contributed by atoms with Gasteiger partial charge in [-0.05, 0) is 42.9 Å². The van der Waals surface area contributed by atoms with E-state index in [9.17, 15) is 8.42 Å². The quantitative estimate of drug-likeness (QED) is 0.826. The Hall–Kier alpha value is -0.870. The number of hydrogen-bond donors (Lipinski definition) is 0. The van der Waals surface area contributed by atoms with Gasteiger partial charge in [-0.2, -0.15) is 4.31 Å². The Morgan fingerprint density at radius 2 is 1.78 bits per heavy atom. The number of aryl methyl sites for hydroxylation is 1. The van der Waals surface area contributed by atoms with E-state index in [1.807, 2.05) is 13.0 Å². The summed E-state index contributed by atoms with van der Waals surface area (Å²) < 4.78 is 26.6. The Balaban J connectivity index is 2.23. The monoisotopic (exact) mass is 267 g/mol. The van der Waals surface area contributed by atoms with E-state index in [2.05, 4.69) is 13.8 Å². The van der Waals surface area contributed by atoms with Crippen molar-refractivity contribution in [3.8, 4) is 0 Å². The number of piperidine rings is 1. The minimum absolute atomic E-state index is 0.263. The maximum Gasteiger partial charge on any atom is 0.243 e. The molecule has 1 aromatic carbocycles. The van der Waals surface area contributed by atoms with Crippen molar-refractivity contribution < 1.29 is 8.42 Å². The van der Waals surface area contributed by atoms with E-state index in [1.54, 1.807) is 22.5 Å². The average Bonchev–Trinajstić information content (AvgIpc) is 2.28. The summed E-state index contributed by atoms with van der Waals surface area (Å²) in [6, 6.07) is 7.14. The highest BCUT2D eigenvalue weighted by atomic mass is 32.2. The molecule has 0 bridgehead atoms. The molecular formula is C14H21NO2S. The van der Waals surface area contributed by atoms with Crippen molar-refractivity contribution in [3.63, 3.8) is 0 Å². The molecule has 1 aliphatic heterocycles. The van der Waals surface area contributed by atoms with E-state index >= 15 is 0 Å². The normalized spacial score (nSPS) is 20.8. The smallest absolute Gasteiger partial charge is 0.207 e. The molecule has 4 heteroatoms. The van der Waals surface area contributed by atoms with Crippen LogP contribution in [0.3, 0.4) is 0 Å². The lowest BCUT2D eigenvalue weighted by Gasteiger charge is -2.36. The van der Waals surface area contributed by atoms with Gasteiger partial charge in [0.15, 0.2) is 0 Å². The molecule has 0 aromatic heterocycles. The highest BCUT2D eigenvalue weighted by molar-refractivity contribution is 7.89. The third-order valence-corrected chi connectivity index (χ3v) is 5.60. The van der Waals surface area contributed by atoms with Gasteiger partial charge in [-0.25, -0.2) is 8.42 Å². The molecule has 0 unspecified atom stereocenters. The van der Waals surface area contributed by atoms with Crippen molar-refractivity contribution in [2.75, 3.05) is 13.1 Å². The van der Waals surface area contributed by atoms with E-state index in [-0.39, 0.29) is 5.41 Å². The van der Waals surface area contributed by atoms with Crippen LogP contribution < -0.4 is 0 Å². The third kappa shape index (κ3) is 2.75. The predicted octanol–water partition coefficient (Wildman–Crippen LogP) is 2.81. The van der Waals surface area contributed by atoms with Crippen LogP contribution in [-0.4, -0.2) is 25.8 Å². The van der Waals surface area contributed by atoms with Gasteiger partial charge in [-0.15, -0.1) is 0 Å². The maximum atomic E-state index is 12.5. The van der Waals surface area contributed by atoms with Gasteiger partial charge in [0.2, 0.25) is 10.0 Å². The van der Waals surface area contributed by atoms with Gasteiger partial charge in [0.25, 0.3) is 0 Å². The molecular weight excluding hydrogens is 246 g/mol. The number of benzene rings is 1. The first-order chi connectivity index (χ1) is 8.31. The van der Waals surface area contributed by atoms with E-state index in [0.717, 1.165) is 18.4 Å². The summed E-state index contributed by atoms with van der Waals surface area (Å²) in [5.74, 6) is 0. The minimum Gasteiger partial charge on any atom is -0.207 e. The second kappa shape index (κ2) is 4.67. The molecule has 1 aliphatic rings. The zero-order valence-corrected chi connectivity index (χ0v) is 12.1. The fourth-order valence-corrected chi connectivity index (χ4v) is 3.80. The highest BCUT2D eigenvalue weighted by Gasteiger charge is 2.32. The summed E-state index contributed by atoms with van der Waals surface area (Å²) in [6.45, 7) is 7.57. The number of nitrogens with zero attached hydrogens (tertiary/aromatic N) is 1. The van der Waals surface area contributed by atoms with Gasteiger partial charge in [-0.3, -0.25) is 0 Å². The Kier molecular flexibility index (Phi) is 3.52. The molecule has 0 N–H and O–H groups in total. The van der Waals surface area contributed by atoms with Crippen LogP contribution in [-0.2, 0) is 10.0 Å².